The van der Waals surface area contributed by atoms with Crippen LogP contribution in [0.4, 0.5) is 17.3 Å². The Balaban J connectivity index is 2.01. The van der Waals surface area contributed by atoms with E-state index in [1.165, 1.54) is 0 Å². The second kappa shape index (κ2) is 4.87. The number of nitrogens with one attached hydrogen (secondary N) is 2. The SMILES string of the molecule is NNc1cncc(Nc2cccc3cnccc23)n1. The molecular weight excluding hydrogens is 240 g/mol. The molecule has 0 amide bonds. The molecule has 0 bridgehead atoms. The average molecular weight is 252 g/mol. The molecule has 4 N–H and O–H groups in total. The molecule has 0 aliphatic heterocycles. The van der Waals surface area contributed by atoms with Crippen LogP contribution in [-0.2, 0) is 0 Å². The number of fused-ring (bicyclic) bond motifs is 1. The molecule has 19 heavy (non-hydrogen) atoms. The highest BCUT2D eigenvalue weighted by atomic mass is 15.3. The lowest BCUT2D eigenvalue weighted by atomic mass is 10.1. The third-order valence-corrected chi connectivity index (χ3v) is 2.73. The average Bonchev–Trinajstić information content (AvgIpc) is 2.48. The topological polar surface area (TPSA) is 88.8 Å². The zero-order valence-corrected chi connectivity index (χ0v) is 10.0. The van der Waals surface area contributed by atoms with E-state index in [1.54, 1.807) is 18.6 Å². The van der Waals surface area contributed by atoms with Crippen molar-refractivity contribution in [1.82, 2.24) is 15.0 Å². The predicted octanol–water partition coefficient (Wildman–Crippen LogP) is 2.05. The molecule has 2 aromatic heterocycles. The standard InChI is InChI=1S/C13H12N6/c14-19-13-8-16-7-12(18-13)17-11-3-1-2-9-6-15-5-4-10(9)11/h1-8H,14H2,(H2,17,18,19). The van der Waals surface area contributed by atoms with E-state index in [9.17, 15) is 0 Å². The lowest BCUT2D eigenvalue weighted by Crippen LogP contribution is -2.09. The number of aromatic nitrogens is 3. The van der Waals surface area contributed by atoms with E-state index in [-0.39, 0.29) is 0 Å². The molecule has 6 nitrogen and oxygen atoms in total. The Labute approximate surface area is 109 Å². The molecule has 0 fully saturated rings. The highest BCUT2D eigenvalue weighted by Gasteiger charge is 2.02. The van der Waals surface area contributed by atoms with Crippen LogP contribution in [0.3, 0.4) is 0 Å². The first-order valence-electron chi connectivity index (χ1n) is 5.75. The van der Waals surface area contributed by atoms with Gasteiger partial charge in [-0.1, -0.05) is 12.1 Å². The van der Waals surface area contributed by atoms with Gasteiger partial charge in [0, 0.05) is 28.9 Å². The van der Waals surface area contributed by atoms with Crippen molar-refractivity contribution in [1.29, 1.82) is 0 Å². The van der Waals surface area contributed by atoms with Gasteiger partial charge in [-0.2, -0.15) is 0 Å². The van der Waals surface area contributed by atoms with Crippen LogP contribution >= 0.6 is 0 Å². The Kier molecular flexibility index (Phi) is 2.91. The molecule has 3 rings (SSSR count). The molecule has 0 atom stereocenters. The quantitative estimate of drug-likeness (QED) is 0.488. The van der Waals surface area contributed by atoms with E-state index in [0.717, 1.165) is 16.5 Å². The van der Waals surface area contributed by atoms with E-state index in [2.05, 4.69) is 25.7 Å². The monoisotopic (exact) mass is 252 g/mol. The summed E-state index contributed by atoms with van der Waals surface area (Å²) in [6.07, 6.45) is 6.78. The highest BCUT2D eigenvalue weighted by Crippen LogP contribution is 2.24. The van der Waals surface area contributed by atoms with Gasteiger partial charge in [-0.3, -0.25) is 9.97 Å². The van der Waals surface area contributed by atoms with Gasteiger partial charge >= 0.3 is 0 Å². The molecule has 94 valence electrons. The van der Waals surface area contributed by atoms with Crippen LogP contribution < -0.4 is 16.6 Å². The fraction of sp³-hybridized carbons (Fsp3) is 0. The number of anilines is 3. The van der Waals surface area contributed by atoms with E-state index < -0.39 is 0 Å². The number of hydrazine groups is 1. The summed E-state index contributed by atoms with van der Waals surface area (Å²) in [6, 6.07) is 7.91. The van der Waals surface area contributed by atoms with Crippen LogP contribution in [0.5, 0.6) is 0 Å². The van der Waals surface area contributed by atoms with Crippen LogP contribution in [0.1, 0.15) is 0 Å². The number of nitrogen functional groups attached to an aromatic ring is 1. The highest BCUT2D eigenvalue weighted by molar-refractivity contribution is 5.94. The van der Waals surface area contributed by atoms with Crippen molar-refractivity contribution in [2.24, 2.45) is 5.84 Å². The van der Waals surface area contributed by atoms with Crippen molar-refractivity contribution in [3.8, 4) is 0 Å². The molecule has 6 heteroatoms. The summed E-state index contributed by atoms with van der Waals surface area (Å²) in [7, 11) is 0. The summed E-state index contributed by atoms with van der Waals surface area (Å²) in [6.45, 7) is 0. The second-order valence-corrected chi connectivity index (χ2v) is 3.96. The smallest absolute Gasteiger partial charge is 0.160 e. The maximum atomic E-state index is 5.31. The van der Waals surface area contributed by atoms with Gasteiger partial charge in [0.25, 0.3) is 0 Å². The normalized spacial score (nSPS) is 10.4. The number of pyridine rings is 1. The fourth-order valence-electron chi connectivity index (χ4n) is 1.87. The van der Waals surface area contributed by atoms with Gasteiger partial charge in [0.15, 0.2) is 11.6 Å². The van der Waals surface area contributed by atoms with Crippen molar-refractivity contribution in [2.45, 2.75) is 0 Å². The lowest BCUT2D eigenvalue weighted by Gasteiger charge is -2.09. The van der Waals surface area contributed by atoms with Crippen LogP contribution in [0.25, 0.3) is 10.8 Å². The molecule has 0 aliphatic carbocycles. The molecular formula is C13H12N6. The number of rotatable bonds is 3. The first kappa shape index (κ1) is 11.4. The third kappa shape index (κ3) is 2.29. The summed E-state index contributed by atoms with van der Waals surface area (Å²) < 4.78 is 0. The van der Waals surface area contributed by atoms with E-state index >= 15 is 0 Å². The van der Waals surface area contributed by atoms with Crippen molar-refractivity contribution in [3.05, 3.63) is 49.1 Å². The Morgan fingerprint density at radius 3 is 2.74 bits per heavy atom. The summed E-state index contributed by atoms with van der Waals surface area (Å²) in [5.74, 6) is 6.45. The van der Waals surface area contributed by atoms with Crippen molar-refractivity contribution >= 4 is 28.1 Å². The molecule has 0 radical (unpaired) electrons. The largest absolute Gasteiger partial charge is 0.338 e. The van der Waals surface area contributed by atoms with Crippen LogP contribution in [0.2, 0.25) is 0 Å². The molecule has 0 spiro atoms. The number of nitrogens with two attached hydrogens (primary N) is 1. The van der Waals surface area contributed by atoms with Crippen molar-refractivity contribution in [3.63, 3.8) is 0 Å². The third-order valence-electron chi connectivity index (χ3n) is 2.73. The Morgan fingerprint density at radius 2 is 1.84 bits per heavy atom. The Morgan fingerprint density at radius 1 is 0.947 bits per heavy atom. The zero-order chi connectivity index (χ0) is 13.1. The molecule has 0 aliphatic rings. The van der Waals surface area contributed by atoms with Gasteiger partial charge in [-0.05, 0) is 12.1 Å². The van der Waals surface area contributed by atoms with Gasteiger partial charge in [-0.25, -0.2) is 10.8 Å². The zero-order valence-electron chi connectivity index (χ0n) is 10.0. The predicted molar refractivity (Wildman–Crippen MR) is 74.9 cm³/mol. The molecule has 0 saturated heterocycles. The van der Waals surface area contributed by atoms with E-state index in [4.69, 9.17) is 5.84 Å². The number of hydrogen-bond donors (Lipinski definition) is 3. The molecule has 0 saturated carbocycles. The summed E-state index contributed by atoms with van der Waals surface area (Å²) in [5.41, 5.74) is 3.41. The van der Waals surface area contributed by atoms with E-state index in [1.807, 2.05) is 30.5 Å². The number of nitrogens with zero attached hydrogens (tertiary/aromatic N) is 3. The summed E-state index contributed by atoms with van der Waals surface area (Å²) in [5, 5.41) is 5.36. The van der Waals surface area contributed by atoms with Crippen molar-refractivity contribution < 1.29 is 0 Å². The van der Waals surface area contributed by atoms with Crippen LogP contribution in [0.15, 0.2) is 49.1 Å². The second-order valence-electron chi connectivity index (χ2n) is 3.96. The molecule has 0 unspecified atom stereocenters. The lowest BCUT2D eigenvalue weighted by molar-refractivity contribution is 1.16. The van der Waals surface area contributed by atoms with Crippen molar-refractivity contribution in [2.75, 3.05) is 10.7 Å². The molecule has 1 aromatic carbocycles. The number of hydrogen-bond acceptors (Lipinski definition) is 6. The Bertz CT molecular complexity index is 707. The van der Waals surface area contributed by atoms with Gasteiger partial charge in [0.2, 0.25) is 0 Å². The Hall–Kier alpha value is -2.73. The maximum Gasteiger partial charge on any atom is 0.160 e. The minimum Gasteiger partial charge on any atom is -0.338 e. The molecule has 3 aromatic rings. The van der Waals surface area contributed by atoms with Gasteiger partial charge in [0.05, 0.1) is 12.4 Å². The summed E-state index contributed by atoms with van der Waals surface area (Å²) in [4.78, 5) is 12.4. The van der Waals surface area contributed by atoms with Crippen LogP contribution in [0, 0.1) is 0 Å². The number of benzene rings is 1. The first-order valence-corrected chi connectivity index (χ1v) is 5.75. The first-order chi connectivity index (χ1) is 9.36. The maximum absolute atomic E-state index is 5.31. The van der Waals surface area contributed by atoms with Crippen LogP contribution in [-0.4, -0.2) is 15.0 Å². The fourth-order valence-corrected chi connectivity index (χ4v) is 1.87. The molecule has 2 heterocycles. The minimum atomic E-state index is 0.506. The van der Waals surface area contributed by atoms with Gasteiger partial charge < -0.3 is 10.7 Å². The van der Waals surface area contributed by atoms with Gasteiger partial charge in [0.1, 0.15) is 0 Å². The van der Waals surface area contributed by atoms with E-state index in [0.29, 0.717) is 11.6 Å². The minimum absolute atomic E-state index is 0.506. The summed E-state index contributed by atoms with van der Waals surface area (Å²) >= 11 is 0. The van der Waals surface area contributed by atoms with Gasteiger partial charge in [-0.15, -0.1) is 0 Å².